The van der Waals surface area contributed by atoms with E-state index in [-0.39, 0.29) is 23.1 Å². The van der Waals surface area contributed by atoms with Crippen LogP contribution in [0.25, 0.3) is 0 Å². The minimum Gasteiger partial charge on any atom is -0.396 e. The molecule has 1 fully saturated rings. The second-order valence-corrected chi connectivity index (χ2v) is 4.77. The summed E-state index contributed by atoms with van der Waals surface area (Å²) in [6.07, 6.45) is -4.17. The number of rotatable bonds is 2. The molecule has 1 unspecified atom stereocenters. The zero-order valence-corrected chi connectivity index (χ0v) is 9.89. The minimum atomic E-state index is -4.55. The van der Waals surface area contributed by atoms with Gasteiger partial charge in [-0.15, -0.1) is 0 Å². The number of halogens is 4. The average molecular weight is 276 g/mol. The molecule has 1 aromatic carbocycles. The lowest BCUT2D eigenvalue weighted by Gasteiger charge is -2.14. The lowest BCUT2D eigenvalue weighted by Crippen LogP contribution is -2.13. The number of nitrogens with zero attached hydrogens (tertiary/aromatic N) is 1. The van der Waals surface area contributed by atoms with Gasteiger partial charge in [-0.05, 0) is 24.1 Å². The molecule has 0 amide bonds. The van der Waals surface area contributed by atoms with Gasteiger partial charge in [-0.2, -0.15) is 18.4 Å². The van der Waals surface area contributed by atoms with Gasteiger partial charge in [-0.3, -0.25) is 0 Å². The SMILES string of the molecule is N#CC1(c2ccc(Cl)c(C(F)(F)F)c2)C[C@@H]1CO. The van der Waals surface area contributed by atoms with Crippen molar-refractivity contribution in [1.82, 2.24) is 0 Å². The van der Waals surface area contributed by atoms with Gasteiger partial charge < -0.3 is 5.11 Å². The van der Waals surface area contributed by atoms with Crippen LogP contribution in [0.2, 0.25) is 5.02 Å². The molecule has 0 heterocycles. The molecule has 0 spiro atoms. The summed E-state index contributed by atoms with van der Waals surface area (Å²) in [6, 6.07) is 5.46. The molecular weight excluding hydrogens is 267 g/mol. The maximum absolute atomic E-state index is 12.7. The van der Waals surface area contributed by atoms with Gasteiger partial charge in [0.25, 0.3) is 0 Å². The molecule has 2 nitrogen and oxygen atoms in total. The molecule has 0 radical (unpaired) electrons. The van der Waals surface area contributed by atoms with Gasteiger partial charge in [0.1, 0.15) is 0 Å². The number of nitriles is 1. The zero-order chi connectivity index (χ0) is 13.6. The number of hydrogen-bond acceptors (Lipinski definition) is 2. The predicted molar refractivity (Wildman–Crippen MR) is 58.9 cm³/mol. The van der Waals surface area contributed by atoms with Crippen molar-refractivity contribution in [2.45, 2.75) is 18.0 Å². The molecule has 18 heavy (non-hydrogen) atoms. The van der Waals surface area contributed by atoms with Crippen molar-refractivity contribution < 1.29 is 18.3 Å². The van der Waals surface area contributed by atoms with Crippen LogP contribution in [0.4, 0.5) is 13.2 Å². The minimum absolute atomic E-state index is 0.211. The third-order valence-corrected chi connectivity index (χ3v) is 3.64. The molecule has 2 atom stereocenters. The Morgan fingerprint density at radius 2 is 2.17 bits per heavy atom. The van der Waals surface area contributed by atoms with Crippen LogP contribution in [0.15, 0.2) is 18.2 Å². The third-order valence-electron chi connectivity index (χ3n) is 3.31. The van der Waals surface area contributed by atoms with Crippen molar-refractivity contribution in [3.8, 4) is 6.07 Å². The summed E-state index contributed by atoms with van der Waals surface area (Å²) in [7, 11) is 0. The van der Waals surface area contributed by atoms with E-state index in [2.05, 4.69) is 0 Å². The normalized spacial score (nSPS) is 26.8. The van der Waals surface area contributed by atoms with E-state index >= 15 is 0 Å². The molecule has 0 aromatic heterocycles. The fourth-order valence-electron chi connectivity index (χ4n) is 2.13. The second-order valence-electron chi connectivity index (χ2n) is 4.36. The highest BCUT2D eigenvalue weighted by atomic mass is 35.5. The number of aliphatic hydroxyl groups excluding tert-OH is 1. The maximum Gasteiger partial charge on any atom is 0.417 e. The van der Waals surface area contributed by atoms with E-state index in [9.17, 15) is 13.2 Å². The van der Waals surface area contributed by atoms with Crippen molar-refractivity contribution in [2.24, 2.45) is 5.92 Å². The summed E-state index contributed by atoms with van der Waals surface area (Å²) in [5.41, 5.74) is -1.68. The van der Waals surface area contributed by atoms with Gasteiger partial charge in [-0.1, -0.05) is 17.7 Å². The lowest BCUT2D eigenvalue weighted by molar-refractivity contribution is -0.137. The third kappa shape index (κ3) is 1.96. The molecule has 0 bridgehead atoms. The van der Waals surface area contributed by atoms with Crippen LogP contribution >= 0.6 is 11.6 Å². The Morgan fingerprint density at radius 1 is 1.50 bits per heavy atom. The average Bonchev–Trinajstić information content (AvgIpc) is 3.03. The Balaban J connectivity index is 2.47. The van der Waals surface area contributed by atoms with Crippen molar-refractivity contribution in [3.05, 3.63) is 34.3 Å². The van der Waals surface area contributed by atoms with E-state index in [0.29, 0.717) is 6.42 Å². The molecule has 96 valence electrons. The van der Waals surface area contributed by atoms with Crippen molar-refractivity contribution >= 4 is 11.6 Å². The highest BCUT2D eigenvalue weighted by Gasteiger charge is 2.56. The zero-order valence-electron chi connectivity index (χ0n) is 9.13. The summed E-state index contributed by atoms with van der Waals surface area (Å²) in [6.45, 7) is -0.211. The van der Waals surface area contributed by atoms with E-state index in [1.807, 2.05) is 6.07 Å². The van der Waals surface area contributed by atoms with Crippen LogP contribution in [-0.2, 0) is 11.6 Å². The highest BCUT2D eigenvalue weighted by Crippen LogP contribution is 2.54. The van der Waals surface area contributed by atoms with Gasteiger partial charge in [0.05, 0.1) is 22.1 Å². The van der Waals surface area contributed by atoms with Crippen LogP contribution in [0.3, 0.4) is 0 Å². The molecule has 1 aliphatic rings. The number of alkyl halides is 3. The van der Waals surface area contributed by atoms with E-state index in [0.717, 1.165) is 12.1 Å². The van der Waals surface area contributed by atoms with E-state index in [4.69, 9.17) is 22.0 Å². The first kappa shape index (κ1) is 13.2. The van der Waals surface area contributed by atoms with Gasteiger partial charge in [0.15, 0.2) is 0 Å². The smallest absolute Gasteiger partial charge is 0.396 e. The first-order chi connectivity index (χ1) is 8.35. The first-order valence-corrected chi connectivity index (χ1v) is 5.62. The Bertz CT molecular complexity index is 523. The van der Waals surface area contributed by atoms with E-state index < -0.39 is 17.2 Å². The molecule has 6 heteroatoms. The Morgan fingerprint density at radius 3 is 2.61 bits per heavy atom. The lowest BCUT2D eigenvalue weighted by atomic mass is 9.93. The number of aliphatic hydroxyl groups is 1. The monoisotopic (exact) mass is 275 g/mol. The van der Waals surface area contributed by atoms with Crippen LogP contribution in [0.1, 0.15) is 17.5 Å². The van der Waals surface area contributed by atoms with Gasteiger partial charge in [-0.25, -0.2) is 0 Å². The summed E-state index contributed by atoms with van der Waals surface area (Å²) in [5, 5.41) is 17.7. The molecule has 0 aliphatic heterocycles. The largest absolute Gasteiger partial charge is 0.417 e. The highest BCUT2D eigenvalue weighted by molar-refractivity contribution is 6.31. The van der Waals surface area contributed by atoms with Crippen LogP contribution in [0, 0.1) is 17.2 Å². The second kappa shape index (κ2) is 4.15. The van der Waals surface area contributed by atoms with Crippen molar-refractivity contribution in [2.75, 3.05) is 6.61 Å². The molecule has 1 aromatic rings. The summed E-state index contributed by atoms with van der Waals surface area (Å²) >= 11 is 5.51. The summed E-state index contributed by atoms with van der Waals surface area (Å²) < 4.78 is 38.1. The molecule has 0 saturated heterocycles. The molecule has 1 saturated carbocycles. The van der Waals surface area contributed by atoms with E-state index in [1.54, 1.807) is 0 Å². The Labute approximate surface area is 107 Å². The van der Waals surface area contributed by atoms with Crippen LogP contribution < -0.4 is 0 Å². The maximum atomic E-state index is 12.7. The Kier molecular flexibility index (Phi) is 3.04. The summed E-state index contributed by atoms with van der Waals surface area (Å²) in [4.78, 5) is 0. The van der Waals surface area contributed by atoms with Gasteiger partial charge in [0, 0.05) is 12.5 Å². The molecular formula is C12H9ClF3NO. The standard InChI is InChI=1S/C12H9ClF3NO/c13-10-2-1-7(3-9(10)12(14,15)16)11(6-17)4-8(11)5-18/h1-3,8,18H,4-5H2/t8-,11?/m1/s1. The molecule has 1 aliphatic carbocycles. The Hall–Kier alpha value is -1.25. The first-order valence-electron chi connectivity index (χ1n) is 5.24. The van der Waals surface area contributed by atoms with Gasteiger partial charge in [0.2, 0.25) is 0 Å². The van der Waals surface area contributed by atoms with Crippen LogP contribution in [0.5, 0.6) is 0 Å². The fraction of sp³-hybridized carbons (Fsp3) is 0.417. The fourth-order valence-corrected chi connectivity index (χ4v) is 2.35. The van der Waals surface area contributed by atoms with Crippen molar-refractivity contribution in [1.29, 1.82) is 5.26 Å². The number of hydrogen-bond donors (Lipinski definition) is 1. The van der Waals surface area contributed by atoms with Crippen molar-refractivity contribution in [3.63, 3.8) is 0 Å². The molecule has 2 rings (SSSR count). The number of benzene rings is 1. The van der Waals surface area contributed by atoms with E-state index in [1.165, 1.54) is 6.07 Å². The van der Waals surface area contributed by atoms with Crippen LogP contribution in [-0.4, -0.2) is 11.7 Å². The predicted octanol–water partition coefficient (Wildman–Crippen LogP) is 3.13. The van der Waals surface area contributed by atoms with Gasteiger partial charge >= 0.3 is 6.18 Å². The summed E-state index contributed by atoms with van der Waals surface area (Å²) in [5.74, 6) is -0.301. The molecule has 1 N–H and O–H groups in total. The topological polar surface area (TPSA) is 44.0 Å². The quantitative estimate of drug-likeness (QED) is 0.901.